The van der Waals surface area contributed by atoms with Crippen LogP contribution in [0.4, 0.5) is 17.1 Å². The topological polar surface area (TPSA) is 19.4 Å². The summed E-state index contributed by atoms with van der Waals surface area (Å²) in [4.78, 5) is 2.19. The molecule has 1 aliphatic carbocycles. The Morgan fingerprint density at radius 1 is 0.684 bits per heavy atom. The predicted octanol–water partition coefficient (Wildman–Crippen LogP) is 8.27. The first kappa shape index (κ1) is 23.7. The molecular weight excluding hydrogens is 464 g/mol. The molecule has 2 aliphatic rings. The molecule has 186 valence electrons. The molecule has 0 fully saturated rings. The van der Waals surface area contributed by atoms with E-state index in [9.17, 15) is 0 Å². The van der Waals surface area contributed by atoms with Gasteiger partial charge in [0.2, 0.25) is 11.0 Å². The zero-order chi connectivity index (χ0) is 26.1. The average Bonchev–Trinajstić information content (AvgIpc) is 2.99. The van der Waals surface area contributed by atoms with Gasteiger partial charge >= 0.3 is 0 Å². The van der Waals surface area contributed by atoms with Crippen LogP contribution < -0.4 is 14.8 Å². The van der Waals surface area contributed by atoms with Gasteiger partial charge in [-0.25, -0.2) is 0 Å². The third-order valence-electron chi connectivity index (χ3n) is 7.42. The van der Waals surface area contributed by atoms with Gasteiger partial charge in [-0.15, -0.1) is 0 Å². The van der Waals surface area contributed by atoms with Gasteiger partial charge in [-0.3, -0.25) is 0 Å². The molecule has 0 spiro atoms. The second-order valence-corrected chi connectivity index (χ2v) is 9.64. The number of aryl methyl sites for hydroxylation is 1. The number of hydrogen-bond donors (Lipinski definition) is 0. The van der Waals surface area contributed by atoms with Gasteiger partial charge in [-0.05, 0) is 47.9 Å². The van der Waals surface area contributed by atoms with Crippen LogP contribution in [0, 0.1) is 0 Å². The summed E-state index contributed by atoms with van der Waals surface area (Å²) in [5, 5.41) is 2.20. The smallest absolute Gasteiger partial charge is 0.209 e. The maximum Gasteiger partial charge on any atom is 0.209 e. The lowest BCUT2D eigenvalue weighted by Gasteiger charge is -2.21. The number of anilines is 2. The third-order valence-corrected chi connectivity index (χ3v) is 7.42. The van der Waals surface area contributed by atoms with Crippen molar-refractivity contribution >= 4 is 28.0 Å². The van der Waals surface area contributed by atoms with Gasteiger partial charge in [0.05, 0.1) is 6.07 Å². The monoisotopic (exact) mass is 495 g/mol. The van der Waals surface area contributed by atoms with E-state index in [0.29, 0.717) is 0 Å². The van der Waals surface area contributed by atoms with Crippen molar-refractivity contribution in [2.75, 3.05) is 19.0 Å². The predicted molar refractivity (Wildman–Crippen MR) is 159 cm³/mol. The summed E-state index contributed by atoms with van der Waals surface area (Å²) in [5.41, 5.74) is 9.16. The highest BCUT2D eigenvalue weighted by Gasteiger charge is 2.20. The first-order valence-electron chi connectivity index (χ1n) is 13.1. The third kappa shape index (κ3) is 4.26. The van der Waals surface area contributed by atoms with Crippen molar-refractivity contribution in [3.05, 3.63) is 132 Å². The highest BCUT2D eigenvalue weighted by atomic mass is 16.3. The van der Waals surface area contributed by atoms with E-state index < -0.39 is 0 Å². The summed E-state index contributed by atoms with van der Waals surface area (Å²) >= 11 is 0. The molecule has 0 aromatic heterocycles. The van der Waals surface area contributed by atoms with Gasteiger partial charge in [0.15, 0.2) is 0 Å². The van der Waals surface area contributed by atoms with Crippen molar-refractivity contribution in [1.29, 1.82) is 0 Å². The van der Waals surface area contributed by atoms with E-state index >= 15 is 0 Å². The SMILES string of the molecule is CCc1ccccc1-c1c2ccc(=[N+](C)c3ccccc3)cc-2oc2cc(N(C)c3ccccc3)ccc12. The molecule has 0 radical (unpaired) electrons. The fraction of sp³-hybridized carbons (Fsp3) is 0.114. The zero-order valence-electron chi connectivity index (χ0n) is 22.1. The summed E-state index contributed by atoms with van der Waals surface area (Å²) in [7, 11) is 4.19. The Morgan fingerprint density at radius 2 is 1.39 bits per heavy atom. The molecule has 1 aliphatic heterocycles. The van der Waals surface area contributed by atoms with Crippen LogP contribution in [-0.4, -0.2) is 14.1 Å². The van der Waals surface area contributed by atoms with Crippen molar-refractivity contribution in [3.63, 3.8) is 0 Å². The summed E-state index contributed by atoms with van der Waals surface area (Å²) in [6.45, 7) is 2.22. The summed E-state index contributed by atoms with van der Waals surface area (Å²) in [5.74, 6) is 0.873. The number of hydrogen-bond acceptors (Lipinski definition) is 2. The second kappa shape index (κ2) is 10.0. The minimum atomic E-state index is 0.873. The molecule has 6 rings (SSSR count). The van der Waals surface area contributed by atoms with E-state index in [1.54, 1.807) is 0 Å². The summed E-state index contributed by atoms with van der Waals surface area (Å²) in [6.07, 6.45) is 0.967. The standard InChI is InChI=1S/C35H31N2O/c1-4-25-13-11-12-18-30(25)35-31-21-19-28(36(2)26-14-7-5-8-15-26)23-33(31)38-34-24-29(20-22-32(34)35)37(3)27-16-9-6-10-17-27/h5-24H,4H2,1-3H3/q+1. The van der Waals surface area contributed by atoms with Crippen molar-refractivity contribution in [2.24, 2.45) is 0 Å². The van der Waals surface area contributed by atoms with E-state index in [-0.39, 0.29) is 0 Å². The molecule has 0 saturated carbocycles. The average molecular weight is 496 g/mol. The maximum atomic E-state index is 6.68. The molecule has 0 atom stereocenters. The molecule has 0 bridgehead atoms. The van der Waals surface area contributed by atoms with Crippen LogP contribution in [0.25, 0.3) is 33.4 Å². The first-order chi connectivity index (χ1) is 18.6. The highest BCUT2D eigenvalue weighted by molar-refractivity contribution is 6.03. The molecule has 1 heterocycles. The van der Waals surface area contributed by atoms with Crippen molar-refractivity contribution in [1.82, 2.24) is 4.58 Å². The lowest BCUT2D eigenvalue weighted by Crippen LogP contribution is -2.21. The number of nitrogens with zero attached hydrogens (tertiary/aromatic N) is 2. The van der Waals surface area contributed by atoms with E-state index in [2.05, 4.69) is 140 Å². The molecule has 4 aromatic carbocycles. The highest BCUT2D eigenvalue weighted by Crippen LogP contribution is 2.42. The van der Waals surface area contributed by atoms with Gasteiger partial charge in [-0.1, -0.05) is 67.6 Å². The van der Waals surface area contributed by atoms with E-state index in [1.165, 1.54) is 16.7 Å². The Bertz CT molecular complexity index is 1770. The van der Waals surface area contributed by atoms with Crippen molar-refractivity contribution in [2.45, 2.75) is 13.3 Å². The van der Waals surface area contributed by atoms with Gasteiger partial charge in [-0.2, -0.15) is 4.58 Å². The van der Waals surface area contributed by atoms with Crippen molar-refractivity contribution in [3.8, 4) is 22.5 Å². The molecule has 38 heavy (non-hydrogen) atoms. The molecule has 3 heteroatoms. The normalized spacial score (nSPS) is 12.1. The first-order valence-corrected chi connectivity index (χ1v) is 13.1. The Balaban J connectivity index is 1.63. The van der Waals surface area contributed by atoms with Gasteiger partial charge in [0, 0.05) is 59.2 Å². The molecule has 0 amide bonds. The Labute approximate surface area is 223 Å². The number of fused-ring (bicyclic) bond motifs is 2. The lowest BCUT2D eigenvalue weighted by atomic mass is 9.90. The minimum Gasteiger partial charge on any atom is -0.456 e. The molecule has 0 saturated heterocycles. The van der Waals surface area contributed by atoms with Gasteiger partial charge in [0.25, 0.3) is 0 Å². The molecule has 3 nitrogen and oxygen atoms in total. The number of benzene rings is 5. The van der Waals surface area contributed by atoms with Crippen LogP contribution >= 0.6 is 0 Å². The van der Waals surface area contributed by atoms with Crippen LogP contribution in [0.1, 0.15) is 12.5 Å². The fourth-order valence-corrected chi connectivity index (χ4v) is 5.25. The largest absolute Gasteiger partial charge is 0.456 e. The molecule has 4 aromatic rings. The van der Waals surface area contributed by atoms with E-state index in [0.717, 1.165) is 51.1 Å². The second-order valence-electron chi connectivity index (χ2n) is 9.64. The molecule has 0 N–H and O–H groups in total. The van der Waals surface area contributed by atoms with E-state index in [4.69, 9.17) is 4.42 Å². The Kier molecular flexibility index (Phi) is 6.27. The molecule has 0 unspecified atom stereocenters. The van der Waals surface area contributed by atoms with Crippen LogP contribution in [0.3, 0.4) is 0 Å². The van der Waals surface area contributed by atoms with Crippen molar-refractivity contribution < 1.29 is 4.42 Å². The van der Waals surface area contributed by atoms with Crippen LogP contribution in [-0.2, 0) is 6.42 Å². The number of rotatable bonds is 5. The molecular formula is C35H31N2O+. The lowest BCUT2D eigenvalue weighted by molar-refractivity contribution is 0.618. The van der Waals surface area contributed by atoms with Gasteiger partial charge < -0.3 is 9.32 Å². The quantitative estimate of drug-likeness (QED) is 0.177. The summed E-state index contributed by atoms with van der Waals surface area (Å²) in [6, 6.07) is 42.7. The van der Waals surface area contributed by atoms with E-state index in [1.807, 2.05) is 12.1 Å². The maximum absolute atomic E-state index is 6.68. The van der Waals surface area contributed by atoms with Crippen LogP contribution in [0.15, 0.2) is 126 Å². The van der Waals surface area contributed by atoms with Crippen LogP contribution in [0.5, 0.6) is 0 Å². The minimum absolute atomic E-state index is 0.873. The Hall–Kier alpha value is -4.63. The zero-order valence-corrected chi connectivity index (χ0v) is 22.1. The van der Waals surface area contributed by atoms with Crippen LogP contribution in [0.2, 0.25) is 0 Å². The van der Waals surface area contributed by atoms with Gasteiger partial charge in [0.1, 0.15) is 18.4 Å². The summed E-state index contributed by atoms with van der Waals surface area (Å²) < 4.78 is 8.87. The number of para-hydroxylation sites is 2. The Morgan fingerprint density at radius 3 is 2.16 bits per heavy atom. The fourth-order valence-electron chi connectivity index (χ4n) is 5.25.